The number of ether oxygens (including phenoxy) is 1. The number of benzene rings is 1. The molecule has 0 unspecified atom stereocenters. The van der Waals surface area contributed by atoms with Gasteiger partial charge >= 0.3 is 17.8 Å². The molecule has 0 saturated heterocycles. The number of carbonyl (C=O) groups is 3. The lowest BCUT2D eigenvalue weighted by Gasteiger charge is -2.10. The number of esters is 1. The maximum Gasteiger partial charge on any atom is 0.340 e. The fourth-order valence-electron chi connectivity index (χ4n) is 1.41. The van der Waals surface area contributed by atoms with Gasteiger partial charge in [0.15, 0.2) is 0 Å². The van der Waals surface area contributed by atoms with E-state index in [0.29, 0.717) is 6.07 Å². The Morgan fingerprint density at radius 2 is 1.86 bits per heavy atom. The van der Waals surface area contributed by atoms with Crippen LogP contribution in [-0.2, 0) is 14.3 Å². The average molecular weight is 316 g/mol. The molecule has 2 amide bonds. The number of aliphatic hydroxyl groups is 1. The lowest BCUT2D eigenvalue weighted by atomic mass is 10.1. The summed E-state index contributed by atoms with van der Waals surface area (Å²) in [5, 5.41) is 13.0. The van der Waals surface area contributed by atoms with Crippen molar-refractivity contribution in [3.05, 3.63) is 29.3 Å². The highest BCUT2D eigenvalue weighted by molar-refractivity contribution is 6.39. The predicted octanol–water partition coefficient (Wildman–Crippen LogP) is 0.187. The minimum atomic E-state index is -1.23. The zero-order valence-electron chi connectivity index (χ0n) is 11.8. The third kappa shape index (κ3) is 4.48. The van der Waals surface area contributed by atoms with E-state index in [1.54, 1.807) is 0 Å². The Labute approximate surface area is 124 Å². The first-order chi connectivity index (χ1) is 10.3. The highest BCUT2D eigenvalue weighted by Gasteiger charge is 2.20. The molecule has 0 aliphatic heterocycles. The second-order valence-electron chi connectivity index (χ2n) is 4.32. The molecule has 1 aromatic carbocycles. The van der Waals surface area contributed by atoms with Crippen LogP contribution in [0.5, 0.6) is 0 Å². The van der Waals surface area contributed by atoms with Gasteiger partial charge in [0.1, 0.15) is 11.6 Å². The van der Waals surface area contributed by atoms with Crippen LogP contribution in [0.25, 0.3) is 0 Å². The minimum absolute atomic E-state index is 0.175. The topological polar surface area (TPSA) is 105 Å². The van der Waals surface area contributed by atoms with Gasteiger partial charge in [-0.25, -0.2) is 13.6 Å². The van der Waals surface area contributed by atoms with Crippen LogP contribution in [0.15, 0.2) is 12.1 Å². The Hall–Kier alpha value is -2.55. The van der Waals surface area contributed by atoms with Crippen molar-refractivity contribution < 1.29 is 33.0 Å². The number of nitrogens with one attached hydrogen (secondary N) is 2. The quantitative estimate of drug-likeness (QED) is 0.543. The lowest BCUT2D eigenvalue weighted by molar-refractivity contribution is -0.136. The maximum atomic E-state index is 13.6. The van der Waals surface area contributed by atoms with Gasteiger partial charge in [0.25, 0.3) is 0 Å². The van der Waals surface area contributed by atoms with E-state index in [1.807, 2.05) is 5.32 Å². The summed E-state index contributed by atoms with van der Waals surface area (Å²) in [7, 11) is 1.01. The number of rotatable bonds is 4. The van der Waals surface area contributed by atoms with Crippen LogP contribution in [0.3, 0.4) is 0 Å². The van der Waals surface area contributed by atoms with Crippen LogP contribution in [0.2, 0.25) is 0 Å². The summed E-state index contributed by atoms with van der Waals surface area (Å²) >= 11 is 0. The number of anilines is 1. The van der Waals surface area contributed by atoms with Crippen LogP contribution in [0.4, 0.5) is 14.5 Å². The van der Waals surface area contributed by atoms with Crippen LogP contribution < -0.4 is 10.6 Å². The molecule has 0 saturated carbocycles. The second kappa shape index (κ2) is 7.46. The summed E-state index contributed by atoms with van der Waals surface area (Å²) in [6, 6.07) is 1.10. The monoisotopic (exact) mass is 316 g/mol. The van der Waals surface area contributed by atoms with E-state index in [1.165, 1.54) is 6.92 Å². The number of methoxy groups -OCH3 is 1. The molecule has 0 spiro atoms. The zero-order chi connectivity index (χ0) is 16.9. The summed E-state index contributed by atoms with van der Waals surface area (Å²) in [6.45, 7) is 1.21. The number of aliphatic hydroxyl groups excluding tert-OH is 1. The largest absolute Gasteiger partial charge is 0.465 e. The molecule has 0 heterocycles. The number of carbonyl (C=O) groups excluding carboxylic acids is 3. The fraction of sp³-hybridized carbons (Fsp3) is 0.308. The normalized spacial score (nSPS) is 11.5. The standard InChI is InChI=1S/C13H14F2N2O5/c1-6(18)5-16-11(19)12(20)17-10-3-7(13(21)22-2)8(14)4-9(10)15/h3-4,6,18H,5H2,1-2H3,(H,16,19)(H,17,20)/t6-/m0/s1. The molecule has 0 bridgehead atoms. The van der Waals surface area contributed by atoms with E-state index < -0.39 is 46.8 Å². The van der Waals surface area contributed by atoms with Crippen LogP contribution in [0, 0.1) is 11.6 Å². The molecule has 22 heavy (non-hydrogen) atoms. The smallest absolute Gasteiger partial charge is 0.340 e. The summed E-state index contributed by atoms with van der Waals surface area (Å²) in [6.07, 6.45) is -0.870. The molecular weight excluding hydrogens is 302 g/mol. The maximum absolute atomic E-state index is 13.6. The zero-order valence-corrected chi connectivity index (χ0v) is 11.8. The van der Waals surface area contributed by atoms with Gasteiger partial charge in [0, 0.05) is 12.6 Å². The van der Waals surface area contributed by atoms with Gasteiger partial charge in [-0.2, -0.15) is 0 Å². The molecule has 0 aliphatic carbocycles. The van der Waals surface area contributed by atoms with Gasteiger partial charge in [-0.3, -0.25) is 9.59 Å². The number of amides is 2. The van der Waals surface area contributed by atoms with Crippen molar-refractivity contribution in [2.75, 3.05) is 19.0 Å². The van der Waals surface area contributed by atoms with E-state index in [4.69, 9.17) is 5.11 Å². The third-order valence-electron chi connectivity index (χ3n) is 2.47. The Morgan fingerprint density at radius 3 is 2.41 bits per heavy atom. The second-order valence-corrected chi connectivity index (χ2v) is 4.32. The fourth-order valence-corrected chi connectivity index (χ4v) is 1.41. The molecule has 1 atom stereocenters. The number of halogens is 2. The molecular formula is C13H14F2N2O5. The molecule has 0 fully saturated rings. The van der Waals surface area contributed by atoms with E-state index in [0.717, 1.165) is 13.2 Å². The molecule has 120 valence electrons. The average Bonchev–Trinajstić information content (AvgIpc) is 2.46. The van der Waals surface area contributed by atoms with Crippen molar-refractivity contribution in [1.82, 2.24) is 5.32 Å². The van der Waals surface area contributed by atoms with E-state index in [-0.39, 0.29) is 6.54 Å². The Bertz CT molecular complexity index is 604. The molecule has 0 aliphatic rings. The molecule has 0 radical (unpaired) electrons. The molecule has 1 rings (SSSR count). The molecule has 1 aromatic rings. The molecule has 0 aromatic heterocycles. The summed E-state index contributed by atoms with van der Waals surface area (Å²) in [5.74, 6) is -5.75. The molecule has 9 heteroatoms. The van der Waals surface area contributed by atoms with E-state index >= 15 is 0 Å². The minimum Gasteiger partial charge on any atom is -0.465 e. The van der Waals surface area contributed by atoms with Gasteiger partial charge in [0.2, 0.25) is 0 Å². The van der Waals surface area contributed by atoms with Gasteiger partial charge in [0.05, 0.1) is 24.5 Å². The Kier molecular flexibility index (Phi) is 5.93. The van der Waals surface area contributed by atoms with Crippen molar-refractivity contribution in [2.45, 2.75) is 13.0 Å². The van der Waals surface area contributed by atoms with Gasteiger partial charge < -0.3 is 20.5 Å². The summed E-state index contributed by atoms with van der Waals surface area (Å²) in [4.78, 5) is 34.2. The lowest BCUT2D eigenvalue weighted by Crippen LogP contribution is -2.39. The first kappa shape index (κ1) is 17.5. The van der Waals surface area contributed by atoms with Gasteiger partial charge in [-0.15, -0.1) is 0 Å². The summed E-state index contributed by atoms with van der Waals surface area (Å²) in [5.41, 5.74) is -1.15. The summed E-state index contributed by atoms with van der Waals surface area (Å²) < 4.78 is 31.3. The van der Waals surface area contributed by atoms with Crippen molar-refractivity contribution >= 4 is 23.5 Å². The third-order valence-corrected chi connectivity index (χ3v) is 2.47. The van der Waals surface area contributed by atoms with Crippen LogP contribution in [0.1, 0.15) is 17.3 Å². The Morgan fingerprint density at radius 1 is 1.23 bits per heavy atom. The van der Waals surface area contributed by atoms with Crippen molar-refractivity contribution in [1.29, 1.82) is 0 Å². The van der Waals surface area contributed by atoms with Gasteiger partial charge in [-0.05, 0) is 13.0 Å². The number of hydrogen-bond acceptors (Lipinski definition) is 5. The first-order valence-electron chi connectivity index (χ1n) is 6.10. The SMILES string of the molecule is COC(=O)c1cc(NC(=O)C(=O)NC[C@H](C)O)c(F)cc1F. The Balaban J connectivity index is 2.91. The van der Waals surface area contributed by atoms with Crippen molar-refractivity contribution in [3.8, 4) is 0 Å². The highest BCUT2D eigenvalue weighted by Crippen LogP contribution is 2.20. The first-order valence-corrected chi connectivity index (χ1v) is 6.10. The van der Waals surface area contributed by atoms with Gasteiger partial charge in [-0.1, -0.05) is 0 Å². The predicted molar refractivity (Wildman–Crippen MR) is 71.0 cm³/mol. The van der Waals surface area contributed by atoms with Crippen LogP contribution in [-0.4, -0.2) is 42.6 Å². The van der Waals surface area contributed by atoms with Crippen molar-refractivity contribution in [2.24, 2.45) is 0 Å². The molecule has 3 N–H and O–H groups in total. The molecule has 7 nitrogen and oxygen atoms in total. The van der Waals surface area contributed by atoms with Crippen LogP contribution >= 0.6 is 0 Å². The van der Waals surface area contributed by atoms with Crippen molar-refractivity contribution in [3.63, 3.8) is 0 Å². The number of hydrogen-bond donors (Lipinski definition) is 3. The van der Waals surface area contributed by atoms with E-state index in [9.17, 15) is 23.2 Å². The highest BCUT2D eigenvalue weighted by atomic mass is 19.1. The van der Waals surface area contributed by atoms with E-state index in [2.05, 4.69) is 10.1 Å².